The molecule has 22 heavy (non-hydrogen) atoms. The van der Waals surface area contributed by atoms with Crippen molar-refractivity contribution in [2.24, 2.45) is 0 Å². The van der Waals surface area contributed by atoms with Gasteiger partial charge in [-0.25, -0.2) is 4.79 Å². The van der Waals surface area contributed by atoms with E-state index in [-0.39, 0.29) is 22.7 Å². The predicted molar refractivity (Wildman–Crippen MR) is 83.3 cm³/mol. The number of rotatable bonds is 3. The molecule has 0 aliphatic heterocycles. The highest BCUT2D eigenvalue weighted by atomic mass is 16.4. The van der Waals surface area contributed by atoms with E-state index in [2.05, 4.69) is 10.4 Å². The highest BCUT2D eigenvalue weighted by Gasteiger charge is 2.18. The molecule has 0 unspecified atom stereocenters. The van der Waals surface area contributed by atoms with Crippen molar-refractivity contribution in [2.75, 3.05) is 5.32 Å². The Hall–Kier alpha value is -2.63. The second-order valence-electron chi connectivity index (χ2n) is 6.15. The molecule has 0 radical (unpaired) electrons. The molecule has 0 saturated heterocycles. The SMILES string of the molecule is Cc1ccc(NC(=O)c2cnn(C(C)(C)C)c2)c(C(=O)O)c1. The molecule has 0 saturated carbocycles. The van der Waals surface area contributed by atoms with Crippen LogP contribution in [0.3, 0.4) is 0 Å². The van der Waals surface area contributed by atoms with Crippen LogP contribution in [0.25, 0.3) is 0 Å². The first kappa shape index (κ1) is 15.8. The summed E-state index contributed by atoms with van der Waals surface area (Å²) >= 11 is 0. The molecule has 2 N–H and O–H groups in total. The molecule has 0 atom stereocenters. The van der Waals surface area contributed by atoms with E-state index in [1.165, 1.54) is 12.3 Å². The molecule has 0 spiro atoms. The number of carboxylic acids is 1. The van der Waals surface area contributed by atoms with Crippen molar-refractivity contribution in [3.8, 4) is 0 Å². The lowest BCUT2D eigenvalue weighted by Crippen LogP contribution is -2.22. The molecule has 0 aliphatic carbocycles. The zero-order chi connectivity index (χ0) is 16.5. The minimum absolute atomic E-state index is 0.0663. The minimum Gasteiger partial charge on any atom is -0.478 e. The first-order valence-corrected chi connectivity index (χ1v) is 6.89. The number of carboxylic acid groups (broad SMARTS) is 1. The van der Waals surface area contributed by atoms with Crippen LogP contribution in [0.2, 0.25) is 0 Å². The van der Waals surface area contributed by atoms with Crippen molar-refractivity contribution in [3.63, 3.8) is 0 Å². The first-order chi connectivity index (χ1) is 10.2. The van der Waals surface area contributed by atoms with Gasteiger partial charge in [-0.15, -0.1) is 0 Å². The van der Waals surface area contributed by atoms with Gasteiger partial charge >= 0.3 is 5.97 Å². The topological polar surface area (TPSA) is 84.2 Å². The van der Waals surface area contributed by atoms with Gasteiger partial charge in [0.2, 0.25) is 0 Å². The maximum atomic E-state index is 12.3. The Morgan fingerprint density at radius 2 is 1.95 bits per heavy atom. The molecule has 6 nitrogen and oxygen atoms in total. The highest BCUT2D eigenvalue weighted by Crippen LogP contribution is 2.19. The van der Waals surface area contributed by atoms with Gasteiger partial charge in [0.25, 0.3) is 5.91 Å². The van der Waals surface area contributed by atoms with Crippen LogP contribution in [0.5, 0.6) is 0 Å². The first-order valence-electron chi connectivity index (χ1n) is 6.89. The van der Waals surface area contributed by atoms with Crippen LogP contribution >= 0.6 is 0 Å². The molecule has 1 amide bonds. The lowest BCUT2D eigenvalue weighted by molar-refractivity contribution is 0.0698. The molecule has 0 bridgehead atoms. The molecular weight excluding hydrogens is 282 g/mol. The van der Waals surface area contributed by atoms with E-state index in [4.69, 9.17) is 0 Å². The Morgan fingerprint density at radius 3 is 2.50 bits per heavy atom. The summed E-state index contributed by atoms with van der Waals surface area (Å²) in [6, 6.07) is 4.86. The maximum absolute atomic E-state index is 12.3. The van der Waals surface area contributed by atoms with Gasteiger partial charge in [-0.1, -0.05) is 11.6 Å². The summed E-state index contributed by atoms with van der Waals surface area (Å²) in [6.45, 7) is 7.73. The summed E-state index contributed by atoms with van der Waals surface area (Å²) < 4.78 is 1.69. The summed E-state index contributed by atoms with van der Waals surface area (Å²) in [5.41, 5.74) is 1.31. The average molecular weight is 301 g/mol. The minimum atomic E-state index is -1.08. The number of hydrogen-bond acceptors (Lipinski definition) is 3. The van der Waals surface area contributed by atoms with Crippen LogP contribution in [-0.4, -0.2) is 26.8 Å². The zero-order valence-electron chi connectivity index (χ0n) is 13.0. The van der Waals surface area contributed by atoms with Crippen molar-refractivity contribution in [1.82, 2.24) is 9.78 Å². The number of amides is 1. The van der Waals surface area contributed by atoms with Crippen molar-refractivity contribution < 1.29 is 14.7 Å². The van der Waals surface area contributed by atoms with Gasteiger partial charge < -0.3 is 10.4 Å². The van der Waals surface area contributed by atoms with Gasteiger partial charge in [-0.3, -0.25) is 9.48 Å². The molecule has 6 heteroatoms. The fourth-order valence-corrected chi connectivity index (χ4v) is 1.95. The van der Waals surface area contributed by atoms with Crippen LogP contribution < -0.4 is 5.32 Å². The third-order valence-corrected chi connectivity index (χ3v) is 3.19. The summed E-state index contributed by atoms with van der Waals surface area (Å²) in [7, 11) is 0. The van der Waals surface area contributed by atoms with E-state index < -0.39 is 5.97 Å². The second-order valence-corrected chi connectivity index (χ2v) is 6.15. The van der Waals surface area contributed by atoms with E-state index in [0.717, 1.165) is 5.56 Å². The number of carbonyl (C=O) groups is 2. The van der Waals surface area contributed by atoms with Crippen LogP contribution in [0, 0.1) is 6.92 Å². The second kappa shape index (κ2) is 5.63. The monoisotopic (exact) mass is 301 g/mol. The van der Waals surface area contributed by atoms with Crippen LogP contribution in [0.15, 0.2) is 30.6 Å². The number of aromatic nitrogens is 2. The average Bonchev–Trinajstić information content (AvgIpc) is 2.90. The van der Waals surface area contributed by atoms with Crippen molar-refractivity contribution in [1.29, 1.82) is 0 Å². The highest BCUT2D eigenvalue weighted by molar-refractivity contribution is 6.07. The van der Waals surface area contributed by atoms with Gasteiger partial charge in [0.05, 0.1) is 28.6 Å². The largest absolute Gasteiger partial charge is 0.478 e. The quantitative estimate of drug-likeness (QED) is 0.913. The smallest absolute Gasteiger partial charge is 0.337 e. The Balaban J connectivity index is 2.26. The number of hydrogen-bond donors (Lipinski definition) is 2. The predicted octanol–water partition coefficient (Wildman–Crippen LogP) is 2.90. The fourth-order valence-electron chi connectivity index (χ4n) is 1.95. The molecule has 2 rings (SSSR count). The molecule has 0 fully saturated rings. The van der Waals surface area contributed by atoms with Gasteiger partial charge in [0, 0.05) is 6.20 Å². The Labute approximate surface area is 128 Å². The van der Waals surface area contributed by atoms with Crippen LogP contribution in [0.4, 0.5) is 5.69 Å². The maximum Gasteiger partial charge on any atom is 0.337 e. The molecule has 116 valence electrons. The third kappa shape index (κ3) is 3.33. The van der Waals surface area contributed by atoms with Gasteiger partial charge in [-0.05, 0) is 39.8 Å². The normalized spacial score (nSPS) is 11.3. The Bertz CT molecular complexity index is 726. The van der Waals surface area contributed by atoms with E-state index in [1.54, 1.807) is 29.9 Å². The molecule has 0 aliphatic rings. The molecule has 1 aromatic carbocycles. The number of carbonyl (C=O) groups excluding carboxylic acids is 1. The van der Waals surface area contributed by atoms with Gasteiger partial charge in [0.1, 0.15) is 0 Å². The zero-order valence-corrected chi connectivity index (χ0v) is 13.0. The Morgan fingerprint density at radius 1 is 1.27 bits per heavy atom. The summed E-state index contributed by atoms with van der Waals surface area (Å²) in [5.74, 6) is -1.47. The van der Waals surface area contributed by atoms with E-state index >= 15 is 0 Å². The standard InChI is InChI=1S/C16H19N3O3/c1-10-5-6-13(12(7-10)15(21)22)18-14(20)11-8-17-19(9-11)16(2,3)4/h5-9H,1-4H3,(H,18,20)(H,21,22). The van der Waals surface area contributed by atoms with Crippen molar-refractivity contribution >= 4 is 17.6 Å². The summed E-state index contributed by atoms with van der Waals surface area (Å²) in [4.78, 5) is 23.5. The number of aromatic carboxylic acids is 1. The number of nitrogens with zero attached hydrogens (tertiary/aromatic N) is 2. The number of nitrogens with one attached hydrogen (secondary N) is 1. The van der Waals surface area contributed by atoms with Crippen molar-refractivity contribution in [3.05, 3.63) is 47.3 Å². The summed E-state index contributed by atoms with van der Waals surface area (Å²) in [6.07, 6.45) is 3.11. The number of anilines is 1. The van der Waals surface area contributed by atoms with Crippen LogP contribution in [0.1, 0.15) is 47.1 Å². The van der Waals surface area contributed by atoms with E-state index in [0.29, 0.717) is 5.56 Å². The number of benzene rings is 1. The van der Waals surface area contributed by atoms with Crippen LogP contribution in [-0.2, 0) is 5.54 Å². The fraction of sp³-hybridized carbons (Fsp3) is 0.312. The lowest BCUT2D eigenvalue weighted by Gasteiger charge is -2.18. The molecule has 2 aromatic rings. The Kier molecular flexibility index (Phi) is 4.03. The van der Waals surface area contributed by atoms with E-state index in [1.807, 2.05) is 20.8 Å². The third-order valence-electron chi connectivity index (χ3n) is 3.19. The van der Waals surface area contributed by atoms with Crippen molar-refractivity contribution in [2.45, 2.75) is 33.2 Å². The molecule has 1 aromatic heterocycles. The van der Waals surface area contributed by atoms with E-state index in [9.17, 15) is 14.7 Å². The molecule has 1 heterocycles. The molecular formula is C16H19N3O3. The van der Waals surface area contributed by atoms with Gasteiger partial charge in [0.15, 0.2) is 0 Å². The lowest BCUT2D eigenvalue weighted by atomic mass is 10.1. The number of aryl methyl sites for hydroxylation is 1. The summed E-state index contributed by atoms with van der Waals surface area (Å²) in [5, 5.41) is 16.0. The van der Waals surface area contributed by atoms with Gasteiger partial charge in [-0.2, -0.15) is 5.10 Å².